The molecule has 8 heteroatoms. The molecular formula is C54H32B2N4O2. The molecule has 0 unspecified atom stereocenters. The molecule has 0 saturated carbocycles. The van der Waals surface area contributed by atoms with Gasteiger partial charge < -0.3 is 29.1 Å². The second-order valence-electron chi connectivity index (χ2n) is 16.8. The van der Waals surface area contributed by atoms with E-state index >= 15 is 0 Å². The summed E-state index contributed by atoms with van der Waals surface area (Å²) in [5.74, 6) is 3.59. The van der Waals surface area contributed by atoms with Gasteiger partial charge >= 0.3 is 0 Å². The number of ether oxygens (including phenoxy) is 2. The predicted octanol–water partition coefficient (Wildman–Crippen LogP) is 10.1. The van der Waals surface area contributed by atoms with Crippen LogP contribution in [0.25, 0.3) is 0 Å². The van der Waals surface area contributed by atoms with Crippen LogP contribution in [-0.2, 0) is 0 Å². The van der Waals surface area contributed by atoms with E-state index in [9.17, 15) is 0 Å². The van der Waals surface area contributed by atoms with Crippen molar-refractivity contribution in [2.45, 2.75) is 0 Å². The Morgan fingerprint density at radius 2 is 0.661 bits per heavy atom. The summed E-state index contributed by atoms with van der Waals surface area (Å²) < 4.78 is 13.8. The van der Waals surface area contributed by atoms with Gasteiger partial charge in [0.25, 0.3) is 13.4 Å². The Morgan fingerprint density at radius 1 is 0.274 bits per heavy atom. The molecule has 6 nitrogen and oxygen atoms in total. The summed E-state index contributed by atoms with van der Waals surface area (Å²) in [5.41, 5.74) is 20.9. The van der Waals surface area contributed by atoms with Crippen LogP contribution in [0, 0.1) is 0 Å². The van der Waals surface area contributed by atoms with Crippen LogP contribution in [0.4, 0.5) is 68.2 Å². The zero-order chi connectivity index (χ0) is 40.2. The fourth-order valence-corrected chi connectivity index (χ4v) is 11.4. The minimum Gasteiger partial charge on any atom is -0.458 e. The highest BCUT2D eigenvalue weighted by molar-refractivity contribution is 7.02. The van der Waals surface area contributed by atoms with Gasteiger partial charge in [0.15, 0.2) is 0 Å². The number of hydrogen-bond acceptors (Lipinski definition) is 6. The molecule has 62 heavy (non-hydrogen) atoms. The Labute approximate surface area is 359 Å². The summed E-state index contributed by atoms with van der Waals surface area (Å²) >= 11 is 0. The van der Waals surface area contributed by atoms with E-state index < -0.39 is 0 Å². The van der Waals surface area contributed by atoms with Crippen molar-refractivity contribution in [1.29, 1.82) is 0 Å². The number of hydrogen-bond donors (Lipinski definition) is 0. The highest BCUT2D eigenvalue weighted by atomic mass is 16.5. The van der Waals surface area contributed by atoms with Crippen LogP contribution >= 0.6 is 0 Å². The molecule has 0 amide bonds. The van der Waals surface area contributed by atoms with Crippen molar-refractivity contribution in [3.05, 3.63) is 194 Å². The maximum Gasteiger partial charge on any atom is 0.256 e. The molecule has 6 heterocycles. The average molecular weight is 790 g/mol. The summed E-state index contributed by atoms with van der Waals surface area (Å²) in [5, 5.41) is 0. The van der Waals surface area contributed by atoms with Crippen LogP contribution in [0.5, 0.6) is 23.0 Å². The molecule has 9 aromatic carbocycles. The molecular weight excluding hydrogens is 758 g/mol. The molecule has 0 spiro atoms. The predicted molar refractivity (Wildman–Crippen MR) is 255 cm³/mol. The Bertz CT molecular complexity index is 3210. The zero-order valence-electron chi connectivity index (χ0n) is 33.2. The average Bonchev–Trinajstić information content (AvgIpc) is 3.33. The number of rotatable bonds is 2. The monoisotopic (exact) mass is 790 g/mol. The maximum absolute atomic E-state index is 6.88. The van der Waals surface area contributed by atoms with E-state index in [2.05, 4.69) is 214 Å². The van der Waals surface area contributed by atoms with Crippen molar-refractivity contribution in [3.63, 3.8) is 0 Å². The first-order valence-electron chi connectivity index (χ1n) is 21.3. The van der Waals surface area contributed by atoms with Crippen LogP contribution in [0.15, 0.2) is 194 Å². The first-order chi connectivity index (χ1) is 30.8. The topological polar surface area (TPSA) is 31.4 Å². The molecule has 0 aliphatic carbocycles. The van der Waals surface area contributed by atoms with Crippen molar-refractivity contribution in [1.82, 2.24) is 0 Å². The van der Waals surface area contributed by atoms with Crippen molar-refractivity contribution in [2.24, 2.45) is 0 Å². The van der Waals surface area contributed by atoms with E-state index in [0.717, 1.165) is 79.9 Å². The minimum atomic E-state index is -0.0752. The number of nitrogens with zero attached hydrogens (tertiary/aromatic N) is 4. The van der Waals surface area contributed by atoms with Gasteiger partial charge in [-0.25, -0.2) is 0 Å². The van der Waals surface area contributed by atoms with Crippen molar-refractivity contribution < 1.29 is 9.47 Å². The third-order valence-corrected chi connectivity index (χ3v) is 13.8. The SMILES string of the molecule is c1ccc(N2c3ccccc3N3c4cc5c(cc4B4c6ccccc6Oc6ccc2c3c64)B2c3ccccc3Oc3ccc4c(c32)N5c2ccccc2N4c2ccccc2)cc1. The van der Waals surface area contributed by atoms with E-state index in [-0.39, 0.29) is 13.4 Å². The molecule has 0 fully saturated rings. The summed E-state index contributed by atoms with van der Waals surface area (Å²) in [4.78, 5) is 9.90. The van der Waals surface area contributed by atoms with Crippen LogP contribution in [0.3, 0.4) is 0 Å². The maximum atomic E-state index is 6.88. The third kappa shape index (κ3) is 4.07. The third-order valence-electron chi connectivity index (χ3n) is 13.8. The Morgan fingerprint density at radius 3 is 1.11 bits per heavy atom. The highest BCUT2D eigenvalue weighted by Crippen LogP contribution is 2.59. The molecule has 6 aliphatic rings. The summed E-state index contributed by atoms with van der Waals surface area (Å²) in [6, 6.07) is 70.3. The molecule has 6 aliphatic heterocycles. The van der Waals surface area contributed by atoms with Gasteiger partial charge in [0, 0.05) is 22.7 Å². The zero-order valence-corrected chi connectivity index (χ0v) is 33.2. The Balaban J connectivity index is 1.07. The number of fused-ring (bicyclic) bond motifs is 14. The van der Waals surface area contributed by atoms with E-state index in [1.165, 1.54) is 44.2 Å². The van der Waals surface area contributed by atoms with Crippen molar-refractivity contribution >= 4 is 114 Å². The smallest absolute Gasteiger partial charge is 0.256 e. The molecule has 0 saturated heterocycles. The molecule has 0 bridgehead atoms. The van der Waals surface area contributed by atoms with Crippen LogP contribution in [-0.4, -0.2) is 13.4 Å². The molecule has 0 radical (unpaired) electrons. The van der Waals surface area contributed by atoms with Crippen molar-refractivity contribution in [3.8, 4) is 23.0 Å². The Kier molecular flexibility index (Phi) is 6.23. The van der Waals surface area contributed by atoms with Gasteiger partial charge in [-0.1, -0.05) is 103 Å². The number of para-hydroxylation sites is 8. The van der Waals surface area contributed by atoms with Crippen LogP contribution < -0.4 is 61.9 Å². The fraction of sp³-hybridized carbons (Fsp3) is 0. The molecule has 9 aromatic rings. The van der Waals surface area contributed by atoms with E-state index in [4.69, 9.17) is 9.47 Å². The second kappa shape index (κ2) is 11.8. The van der Waals surface area contributed by atoms with Gasteiger partial charge in [-0.15, -0.1) is 0 Å². The first kappa shape index (κ1) is 32.7. The summed E-state index contributed by atoms with van der Waals surface area (Å²) in [7, 11) is 0. The van der Waals surface area contributed by atoms with Crippen LogP contribution in [0.1, 0.15) is 0 Å². The normalized spacial score (nSPS) is 14.5. The van der Waals surface area contributed by atoms with Gasteiger partial charge in [0.05, 0.1) is 45.5 Å². The van der Waals surface area contributed by atoms with E-state index in [1.807, 2.05) is 0 Å². The lowest BCUT2D eigenvalue weighted by molar-refractivity contribution is 0.487. The molecule has 15 rings (SSSR count). The van der Waals surface area contributed by atoms with E-state index in [1.54, 1.807) is 0 Å². The largest absolute Gasteiger partial charge is 0.458 e. The molecule has 0 N–H and O–H groups in total. The first-order valence-corrected chi connectivity index (χ1v) is 21.3. The lowest BCUT2D eigenvalue weighted by atomic mass is 9.30. The fourth-order valence-electron chi connectivity index (χ4n) is 11.4. The standard InChI is InChI=1S/C54H32B2N4O2/c1-3-15-33(16-4-1)57-39-21-9-11-23-41(39)59-45-32-46-38(31-37(45)55-35-19-7-13-25-47(35)61-49-29-27-43(57)53(59)51(49)55)56-36-20-8-14-26-48(36)62-50-30-28-44-54(52(50)56)60(46)42-24-12-10-22-40(42)58(44)34-17-5-2-6-18-34/h1-32H. The van der Waals surface area contributed by atoms with E-state index in [0.29, 0.717) is 0 Å². The van der Waals surface area contributed by atoms with Gasteiger partial charge in [-0.3, -0.25) is 0 Å². The molecule has 286 valence electrons. The van der Waals surface area contributed by atoms with Gasteiger partial charge in [-0.2, -0.15) is 0 Å². The highest BCUT2D eigenvalue weighted by Gasteiger charge is 2.50. The lowest BCUT2D eigenvalue weighted by Crippen LogP contribution is -2.64. The van der Waals surface area contributed by atoms with Crippen molar-refractivity contribution in [2.75, 3.05) is 19.6 Å². The summed E-state index contributed by atoms with van der Waals surface area (Å²) in [6.45, 7) is -0.150. The molecule has 0 atom stereocenters. The number of benzene rings is 9. The molecule has 0 aromatic heterocycles. The van der Waals surface area contributed by atoms with Gasteiger partial charge in [0.1, 0.15) is 23.0 Å². The van der Waals surface area contributed by atoms with Gasteiger partial charge in [0.2, 0.25) is 0 Å². The number of anilines is 12. The minimum absolute atomic E-state index is 0.0752. The lowest BCUT2D eigenvalue weighted by Gasteiger charge is -2.49. The second-order valence-corrected chi connectivity index (χ2v) is 16.8. The van der Waals surface area contributed by atoms with Gasteiger partial charge in [-0.05, 0) is 124 Å². The quantitative estimate of drug-likeness (QED) is 0.162. The summed E-state index contributed by atoms with van der Waals surface area (Å²) in [6.07, 6.45) is 0. The Hall–Kier alpha value is -8.09. The van der Waals surface area contributed by atoms with Crippen LogP contribution in [0.2, 0.25) is 0 Å².